The fourth-order valence-corrected chi connectivity index (χ4v) is 3.48. The average molecular weight is 314 g/mol. The third-order valence-electron chi connectivity index (χ3n) is 4.55. The number of hydrogen-bond donors (Lipinski definition) is 1. The highest BCUT2D eigenvalue weighted by molar-refractivity contribution is 7.80. The molecule has 1 N–H and O–H groups in total. The minimum absolute atomic E-state index is 0.587. The van der Waals surface area contributed by atoms with Crippen LogP contribution in [-0.2, 0) is 0 Å². The van der Waals surface area contributed by atoms with Gasteiger partial charge >= 0.3 is 0 Å². The normalized spacial score (nSPS) is 20.6. The van der Waals surface area contributed by atoms with Gasteiger partial charge in [-0.3, -0.25) is 0 Å². The third-order valence-corrected chi connectivity index (χ3v) is 4.93. The second-order valence-corrected chi connectivity index (χ2v) is 7.09. The van der Waals surface area contributed by atoms with Gasteiger partial charge in [0.2, 0.25) is 0 Å². The third kappa shape index (κ3) is 6.96. The van der Waals surface area contributed by atoms with Crippen molar-refractivity contribution in [2.24, 2.45) is 5.92 Å². The lowest BCUT2D eigenvalue weighted by atomic mass is 9.99. The molecule has 0 aliphatic carbocycles. The zero-order valence-electron chi connectivity index (χ0n) is 14.5. The maximum atomic E-state index is 5.68. The average Bonchev–Trinajstić information content (AvgIpc) is 2.47. The van der Waals surface area contributed by atoms with Crippen LogP contribution in [0.2, 0.25) is 0 Å². The summed E-state index contributed by atoms with van der Waals surface area (Å²) in [6.07, 6.45) is 9.08. The predicted molar refractivity (Wildman–Crippen MR) is 96.8 cm³/mol. The van der Waals surface area contributed by atoms with E-state index in [0.717, 1.165) is 30.7 Å². The summed E-state index contributed by atoms with van der Waals surface area (Å²) >= 11 is 5.68. The van der Waals surface area contributed by atoms with E-state index in [1.165, 1.54) is 44.9 Å². The van der Waals surface area contributed by atoms with Crippen LogP contribution in [0.1, 0.15) is 58.8 Å². The quantitative estimate of drug-likeness (QED) is 0.691. The Morgan fingerprint density at radius 1 is 1.33 bits per heavy atom. The van der Waals surface area contributed by atoms with Gasteiger partial charge in [-0.25, -0.2) is 0 Å². The van der Waals surface area contributed by atoms with E-state index in [0.29, 0.717) is 6.04 Å². The van der Waals surface area contributed by atoms with E-state index in [-0.39, 0.29) is 0 Å². The van der Waals surface area contributed by atoms with Gasteiger partial charge in [0, 0.05) is 25.7 Å². The molecule has 2 unspecified atom stereocenters. The van der Waals surface area contributed by atoms with Crippen molar-refractivity contribution in [2.45, 2.75) is 64.8 Å². The number of nitrogens with one attached hydrogen (secondary N) is 1. The molecule has 1 fully saturated rings. The summed E-state index contributed by atoms with van der Waals surface area (Å²) in [5, 5.41) is 4.54. The van der Waals surface area contributed by atoms with Crippen LogP contribution < -0.4 is 5.32 Å². The second kappa shape index (κ2) is 10.4. The zero-order chi connectivity index (χ0) is 15.7. The van der Waals surface area contributed by atoms with E-state index < -0.39 is 0 Å². The van der Waals surface area contributed by atoms with Crippen molar-refractivity contribution in [3.63, 3.8) is 0 Å². The highest BCUT2D eigenvalue weighted by atomic mass is 32.1. The topological polar surface area (TPSA) is 18.5 Å². The fourth-order valence-electron chi connectivity index (χ4n) is 3.16. The van der Waals surface area contributed by atoms with Crippen molar-refractivity contribution in [2.75, 3.05) is 33.7 Å². The van der Waals surface area contributed by atoms with Crippen LogP contribution in [0.15, 0.2) is 0 Å². The molecule has 1 saturated heterocycles. The molecular formula is C17H35N3S. The largest absolute Gasteiger partial charge is 0.362 e. The molecule has 21 heavy (non-hydrogen) atoms. The Labute approximate surface area is 137 Å². The maximum Gasteiger partial charge on any atom is 0.169 e. The van der Waals surface area contributed by atoms with Crippen molar-refractivity contribution in [1.29, 1.82) is 0 Å². The molecule has 0 radical (unpaired) electrons. The van der Waals surface area contributed by atoms with E-state index in [1.807, 2.05) is 0 Å². The molecule has 4 heteroatoms. The smallest absolute Gasteiger partial charge is 0.169 e. The van der Waals surface area contributed by atoms with Crippen LogP contribution in [0, 0.1) is 5.92 Å². The summed E-state index contributed by atoms with van der Waals surface area (Å²) in [5.41, 5.74) is 0. The van der Waals surface area contributed by atoms with Gasteiger partial charge in [-0.1, -0.05) is 33.1 Å². The summed E-state index contributed by atoms with van der Waals surface area (Å²) in [4.78, 5) is 4.72. The molecule has 0 amide bonds. The van der Waals surface area contributed by atoms with Crippen LogP contribution >= 0.6 is 12.2 Å². The molecule has 124 valence electrons. The molecule has 0 saturated carbocycles. The molecule has 2 atom stereocenters. The molecule has 1 aliphatic rings. The molecule has 0 aromatic carbocycles. The minimum atomic E-state index is 0.587. The van der Waals surface area contributed by atoms with Gasteiger partial charge in [-0.2, -0.15) is 0 Å². The number of likely N-dealkylation sites (tertiary alicyclic amines) is 1. The van der Waals surface area contributed by atoms with Gasteiger partial charge in [-0.15, -0.1) is 0 Å². The monoisotopic (exact) mass is 313 g/mol. The molecule has 1 aliphatic heterocycles. The van der Waals surface area contributed by atoms with E-state index in [9.17, 15) is 0 Å². The van der Waals surface area contributed by atoms with Crippen LogP contribution in [0.3, 0.4) is 0 Å². The first-order valence-corrected chi connectivity index (χ1v) is 9.18. The Balaban J connectivity index is 2.43. The van der Waals surface area contributed by atoms with E-state index in [4.69, 9.17) is 12.2 Å². The van der Waals surface area contributed by atoms with E-state index in [1.54, 1.807) is 0 Å². The summed E-state index contributed by atoms with van der Waals surface area (Å²) in [5.74, 6) is 0.764. The molecule has 1 heterocycles. The fraction of sp³-hybridized carbons (Fsp3) is 0.941. The number of likely N-dealkylation sites (N-methyl/N-ethyl adjacent to an activating group) is 1. The maximum absolute atomic E-state index is 5.68. The number of thiocarbonyl (C=S) groups is 1. The highest BCUT2D eigenvalue weighted by Gasteiger charge is 2.25. The van der Waals surface area contributed by atoms with Crippen LogP contribution in [-0.4, -0.2) is 54.7 Å². The Bertz CT molecular complexity index is 294. The van der Waals surface area contributed by atoms with Crippen molar-refractivity contribution >= 4 is 17.3 Å². The first kappa shape index (κ1) is 18.7. The zero-order valence-corrected chi connectivity index (χ0v) is 15.3. The predicted octanol–water partition coefficient (Wildman–Crippen LogP) is 3.49. The summed E-state index contributed by atoms with van der Waals surface area (Å²) in [7, 11) is 4.31. The van der Waals surface area contributed by atoms with E-state index in [2.05, 4.69) is 43.1 Å². The Hall–Kier alpha value is -0.350. The molecule has 0 aromatic heterocycles. The van der Waals surface area contributed by atoms with Gasteiger partial charge in [-0.05, 0) is 57.9 Å². The summed E-state index contributed by atoms with van der Waals surface area (Å²) in [6.45, 7) is 7.83. The summed E-state index contributed by atoms with van der Waals surface area (Å²) in [6, 6.07) is 0.587. The lowest BCUT2D eigenvalue weighted by Gasteiger charge is -2.39. The van der Waals surface area contributed by atoms with Gasteiger partial charge in [0.05, 0.1) is 0 Å². The number of rotatable bonds is 8. The Kier molecular flexibility index (Phi) is 9.25. The molecule has 0 bridgehead atoms. The van der Waals surface area contributed by atoms with Crippen molar-refractivity contribution in [1.82, 2.24) is 15.1 Å². The van der Waals surface area contributed by atoms with Crippen LogP contribution in [0.25, 0.3) is 0 Å². The first-order valence-electron chi connectivity index (χ1n) is 8.77. The second-order valence-electron chi connectivity index (χ2n) is 6.71. The number of nitrogens with zero attached hydrogens (tertiary/aromatic N) is 2. The molecule has 0 spiro atoms. The molecule has 0 aromatic rings. The van der Waals surface area contributed by atoms with Gasteiger partial charge in [0.1, 0.15) is 0 Å². The van der Waals surface area contributed by atoms with Crippen molar-refractivity contribution in [3.8, 4) is 0 Å². The lowest BCUT2D eigenvalue weighted by molar-refractivity contribution is 0.192. The Morgan fingerprint density at radius 3 is 2.71 bits per heavy atom. The minimum Gasteiger partial charge on any atom is -0.362 e. The Morgan fingerprint density at radius 2 is 2.10 bits per heavy atom. The van der Waals surface area contributed by atoms with Crippen LogP contribution in [0.4, 0.5) is 0 Å². The van der Waals surface area contributed by atoms with Gasteiger partial charge in [0.15, 0.2) is 5.11 Å². The number of piperidine rings is 1. The standard InChI is InChI=1S/C17H35N3S/c1-5-7-10-15(6-2)13-18-17(21)20-12-9-8-11-16(20)14-19(3)4/h15-16H,5-14H2,1-4H3,(H,18,21). The lowest BCUT2D eigenvalue weighted by Crippen LogP contribution is -2.52. The first-order chi connectivity index (χ1) is 10.1. The number of hydrogen-bond acceptors (Lipinski definition) is 2. The van der Waals surface area contributed by atoms with Gasteiger partial charge < -0.3 is 15.1 Å². The van der Waals surface area contributed by atoms with Crippen molar-refractivity contribution in [3.05, 3.63) is 0 Å². The molecular weight excluding hydrogens is 278 g/mol. The highest BCUT2D eigenvalue weighted by Crippen LogP contribution is 2.18. The summed E-state index contributed by atoms with van der Waals surface area (Å²) < 4.78 is 0. The van der Waals surface area contributed by atoms with Crippen molar-refractivity contribution < 1.29 is 0 Å². The molecule has 3 nitrogen and oxygen atoms in total. The SMILES string of the molecule is CCCCC(CC)CNC(=S)N1CCCCC1CN(C)C. The van der Waals surface area contributed by atoms with Gasteiger partial charge in [0.25, 0.3) is 0 Å². The molecule has 1 rings (SSSR count). The number of unbranched alkanes of at least 4 members (excludes halogenated alkanes) is 1. The van der Waals surface area contributed by atoms with Crippen LogP contribution in [0.5, 0.6) is 0 Å². The van der Waals surface area contributed by atoms with E-state index >= 15 is 0 Å².